The first-order valence-electron chi connectivity index (χ1n) is 9.88. The average Bonchev–Trinajstić information content (AvgIpc) is 3.18. The number of para-hydroxylation sites is 2. The van der Waals surface area contributed by atoms with E-state index in [4.69, 9.17) is 9.72 Å². The van der Waals surface area contributed by atoms with E-state index >= 15 is 0 Å². The molecule has 0 atom stereocenters. The summed E-state index contributed by atoms with van der Waals surface area (Å²) in [6.07, 6.45) is 1.71. The SMILES string of the molecule is COc1ccccc1NC(=O)c1cc(-c2ccccc2C)nc2c1cnn2C(C)C. The Morgan fingerprint density at radius 1 is 1.10 bits per heavy atom. The van der Waals surface area contributed by atoms with Gasteiger partial charge >= 0.3 is 0 Å². The van der Waals surface area contributed by atoms with E-state index < -0.39 is 0 Å². The maximum atomic E-state index is 13.3. The van der Waals surface area contributed by atoms with Crippen LogP contribution in [0.3, 0.4) is 0 Å². The Morgan fingerprint density at radius 2 is 1.83 bits per heavy atom. The molecule has 0 fully saturated rings. The largest absolute Gasteiger partial charge is 0.495 e. The maximum absolute atomic E-state index is 13.3. The van der Waals surface area contributed by atoms with Crippen LogP contribution in [0.25, 0.3) is 22.3 Å². The molecule has 0 aliphatic carbocycles. The molecule has 0 saturated heterocycles. The van der Waals surface area contributed by atoms with Crippen LogP contribution in [0.5, 0.6) is 5.75 Å². The topological polar surface area (TPSA) is 69.0 Å². The number of aryl methyl sites for hydroxylation is 1. The highest BCUT2D eigenvalue weighted by molar-refractivity contribution is 6.13. The van der Waals surface area contributed by atoms with Crippen LogP contribution in [0.15, 0.2) is 60.8 Å². The Labute approximate surface area is 175 Å². The number of aromatic nitrogens is 3. The van der Waals surface area contributed by atoms with Crippen LogP contribution in [0.1, 0.15) is 35.8 Å². The van der Waals surface area contributed by atoms with E-state index in [0.717, 1.165) is 16.8 Å². The van der Waals surface area contributed by atoms with Crippen molar-refractivity contribution in [2.45, 2.75) is 26.8 Å². The van der Waals surface area contributed by atoms with Crippen LogP contribution in [0, 0.1) is 6.92 Å². The van der Waals surface area contributed by atoms with Crippen LogP contribution in [0.2, 0.25) is 0 Å². The second-order valence-electron chi connectivity index (χ2n) is 7.44. The molecule has 6 heteroatoms. The second-order valence-corrected chi connectivity index (χ2v) is 7.44. The number of nitrogens with zero attached hydrogens (tertiary/aromatic N) is 3. The molecule has 4 aromatic rings. The predicted molar refractivity (Wildman–Crippen MR) is 119 cm³/mol. The van der Waals surface area contributed by atoms with Crippen LogP contribution in [-0.4, -0.2) is 27.8 Å². The average molecular weight is 400 g/mol. The molecule has 1 amide bonds. The van der Waals surface area contributed by atoms with Gasteiger partial charge in [-0.15, -0.1) is 0 Å². The molecular weight excluding hydrogens is 376 g/mol. The Hall–Kier alpha value is -3.67. The van der Waals surface area contributed by atoms with Gasteiger partial charge in [0, 0.05) is 11.6 Å². The first-order valence-corrected chi connectivity index (χ1v) is 9.88. The van der Waals surface area contributed by atoms with Gasteiger partial charge in [-0.2, -0.15) is 5.10 Å². The summed E-state index contributed by atoms with van der Waals surface area (Å²) >= 11 is 0. The zero-order valence-electron chi connectivity index (χ0n) is 17.5. The third-order valence-electron chi connectivity index (χ3n) is 5.08. The van der Waals surface area contributed by atoms with Crippen molar-refractivity contribution in [3.05, 3.63) is 71.9 Å². The van der Waals surface area contributed by atoms with Crippen LogP contribution in [-0.2, 0) is 0 Å². The number of carbonyl (C=O) groups excluding carboxylic acids is 1. The number of ether oxygens (including phenoxy) is 1. The summed E-state index contributed by atoms with van der Waals surface area (Å²) in [5, 5.41) is 8.17. The zero-order valence-corrected chi connectivity index (χ0v) is 17.5. The molecule has 6 nitrogen and oxygen atoms in total. The Balaban J connectivity index is 1.88. The van der Waals surface area contributed by atoms with Gasteiger partial charge in [0.15, 0.2) is 5.65 Å². The van der Waals surface area contributed by atoms with Crippen molar-refractivity contribution in [2.75, 3.05) is 12.4 Å². The number of pyridine rings is 1. The van der Waals surface area contributed by atoms with Crippen LogP contribution >= 0.6 is 0 Å². The lowest BCUT2D eigenvalue weighted by Gasteiger charge is -2.13. The summed E-state index contributed by atoms with van der Waals surface area (Å²) in [5.41, 5.74) is 4.65. The quantitative estimate of drug-likeness (QED) is 0.497. The highest BCUT2D eigenvalue weighted by atomic mass is 16.5. The van der Waals surface area contributed by atoms with Gasteiger partial charge in [0.05, 0.1) is 35.6 Å². The summed E-state index contributed by atoms with van der Waals surface area (Å²) < 4.78 is 7.21. The molecule has 2 heterocycles. The minimum absolute atomic E-state index is 0.118. The lowest BCUT2D eigenvalue weighted by Crippen LogP contribution is -2.14. The van der Waals surface area contributed by atoms with E-state index in [2.05, 4.69) is 10.4 Å². The number of amides is 1. The van der Waals surface area contributed by atoms with Gasteiger partial charge in [0.1, 0.15) is 5.75 Å². The van der Waals surface area contributed by atoms with Crippen molar-refractivity contribution < 1.29 is 9.53 Å². The fourth-order valence-corrected chi connectivity index (χ4v) is 3.52. The molecule has 152 valence electrons. The molecule has 0 spiro atoms. The lowest BCUT2D eigenvalue weighted by atomic mass is 10.0. The van der Waals surface area contributed by atoms with Gasteiger partial charge in [-0.05, 0) is 44.5 Å². The minimum Gasteiger partial charge on any atom is -0.495 e. The highest BCUT2D eigenvalue weighted by Gasteiger charge is 2.20. The lowest BCUT2D eigenvalue weighted by molar-refractivity contribution is 0.102. The van der Waals surface area contributed by atoms with E-state index in [1.165, 1.54) is 0 Å². The number of hydrogen-bond acceptors (Lipinski definition) is 4. The molecule has 0 radical (unpaired) electrons. The molecular formula is C24H24N4O2. The molecule has 0 aliphatic heterocycles. The van der Waals surface area contributed by atoms with Gasteiger partial charge in [-0.3, -0.25) is 4.79 Å². The fourth-order valence-electron chi connectivity index (χ4n) is 3.52. The fraction of sp³-hybridized carbons (Fsp3) is 0.208. The Kier molecular flexibility index (Phi) is 5.23. The number of rotatable bonds is 5. The summed E-state index contributed by atoms with van der Waals surface area (Å²) in [7, 11) is 1.58. The summed E-state index contributed by atoms with van der Waals surface area (Å²) in [6.45, 7) is 6.13. The van der Waals surface area contributed by atoms with Crippen molar-refractivity contribution in [2.24, 2.45) is 0 Å². The zero-order chi connectivity index (χ0) is 21.3. The van der Waals surface area contributed by atoms with Crippen molar-refractivity contribution in [1.82, 2.24) is 14.8 Å². The summed E-state index contributed by atoms with van der Waals surface area (Å²) in [4.78, 5) is 18.2. The third kappa shape index (κ3) is 3.52. The van der Waals surface area contributed by atoms with Crippen molar-refractivity contribution in [3.63, 3.8) is 0 Å². The number of methoxy groups -OCH3 is 1. The van der Waals surface area contributed by atoms with Crippen LogP contribution < -0.4 is 10.1 Å². The molecule has 0 aliphatic rings. The predicted octanol–water partition coefficient (Wildman–Crippen LogP) is 5.25. The van der Waals surface area contributed by atoms with Crippen molar-refractivity contribution in [1.29, 1.82) is 0 Å². The monoisotopic (exact) mass is 400 g/mol. The molecule has 0 bridgehead atoms. The molecule has 2 aromatic carbocycles. The molecule has 0 unspecified atom stereocenters. The summed E-state index contributed by atoms with van der Waals surface area (Å²) in [5.74, 6) is 0.373. The van der Waals surface area contributed by atoms with Gasteiger partial charge in [0.25, 0.3) is 5.91 Å². The molecule has 1 N–H and O–H groups in total. The van der Waals surface area contributed by atoms with Crippen molar-refractivity contribution >= 4 is 22.6 Å². The van der Waals surface area contributed by atoms with Gasteiger partial charge in [0.2, 0.25) is 0 Å². The first-order chi connectivity index (χ1) is 14.5. The van der Waals surface area contributed by atoms with Gasteiger partial charge in [-0.1, -0.05) is 36.4 Å². The number of benzene rings is 2. The van der Waals surface area contributed by atoms with E-state index in [-0.39, 0.29) is 11.9 Å². The number of carbonyl (C=O) groups is 1. The number of anilines is 1. The number of fused-ring (bicyclic) bond motifs is 1. The molecule has 0 saturated carbocycles. The highest BCUT2D eigenvalue weighted by Crippen LogP contribution is 2.30. The number of nitrogens with one attached hydrogen (secondary N) is 1. The Bertz CT molecular complexity index is 1230. The molecule has 2 aromatic heterocycles. The van der Waals surface area contributed by atoms with E-state index in [1.54, 1.807) is 13.3 Å². The Morgan fingerprint density at radius 3 is 2.57 bits per heavy atom. The normalized spacial score (nSPS) is 11.1. The second kappa shape index (κ2) is 7.99. The molecule has 30 heavy (non-hydrogen) atoms. The minimum atomic E-state index is -0.231. The van der Waals surface area contributed by atoms with E-state index in [0.29, 0.717) is 28.0 Å². The number of hydrogen-bond donors (Lipinski definition) is 1. The van der Waals surface area contributed by atoms with E-state index in [9.17, 15) is 4.79 Å². The summed E-state index contributed by atoms with van der Waals surface area (Å²) in [6, 6.07) is 17.3. The standard InChI is InChI=1S/C24H24N4O2/c1-15(2)28-23-19(14-25-28)18(13-21(26-23)17-10-6-5-9-16(17)3)24(29)27-20-11-7-8-12-22(20)30-4/h5-15H,1-4H3,(H,27,29). The maximum Gasteiger partial charge on any atom is 0.256 e. The van der Waals surface area contributed by atoms with Gasteiger partial charge in [-0.25, -0.2) is 9.67 Å². The smallest absolute Gasteiger partial charge is 0.256 e. The molecule has 4 rings (SSSR count). The third-order valence-corrected chi connectivity index (χ3v) is 5.08. The van der Waals surface area contributed by atoms with Crippen LogP contribution in [0.4, 0.5) is 5.69 Å². The van der Waals surface area contributed by atoms with E-state index in [1.807, 2.05) is 80.1 Å². The first kappa shape index (κ1) is 19.6. The van der Waals surface area contributed by atoms with Gasteiger partial charge < -0.3 is 10.1 Å². The van der Waals surface area contributed by atoms with Crippen molar-refractivity contribution in [3.8, 4) is 17.0 Å².